The quantitative estimate of drug-likeness (QED) is 0.132. The molecular formula is C41H56N6O6. The predicted molar refractivity (Wildman–Crippen MR) is 204 cm³/mol. The van der Waals surface area contributed by atoms with Gasteiger partial charge in [-0.1, -0.05) is 108 Å². The topological polar surface area (TPSA) is 164 Å². The number of aliphatic hydroxyl groups is 1. The molecule has 1 saturated heterocycles. The maximum absolute atomic E-state index is 14.4. The van der Waals surface area contributed by atoms with E-state index in [0.29, 0.717) is 32.5 Å². The van der Waals surface area contributed by atoms with Gasteiger partial charge >= 0.3 is 12.1 Å². The van der Waals surface area contributed by atoms with Crippen LogP contribution in [0.4, 0.5) is 9.59 Å². The molecule has 6 atom stereocenters. The Bertz CT molecular complexity index is 1670. The molecule has 0 bridgehead atoms. The molecule has 0 spiro atoms. The third-order valence-electron chi connectivity index (χ3n) is 9.90. The van der Waals surface area contributed by atoms with Gasteiger partial charge in [-0.05, 0) is 60.8 Å². The number of carboxylic acid groups (broad SMARTS) is 1. The first kappa shape index (κ1) is 40.8. The SMILES string of the molecule is CCC(C)C(C(=O)NC(Cc1ccccc1)CC(O)C(Cc1ccccc1)NC(=O)C(NC(=O)O)C(C)(C)C)N1CCN(Cc2cccc(C)n2)C1=O. The van der Waals surface area contributed by atoms with E-state index in [4.69, 9.17) is 0 Å². The predicted octanol–water partition coefficient (Wildman–Crippen LogP) is 4.93. The van der Waals surface area contributed by atoms with Gasteiger partial charge in [-0.2, -0.15) is 0 Å². The molecule has 5 amide bonds. The Labute approximate surface area is 313 Å². The number of carbonyl (C=O) groups is 4. The van der Waals surface area contributed by atoms with Crippen LogP contribution in [0.15, 0.2) is 78.9 Å². The van der Waals surface area contributed by atoms with Gasteiger partial charge in [-0.3, -0.25) is 14.6 Å². The van der Waals surface area contributed by atoms with Crippen LogP contribution in [0.1, 0.15) is 70.0 Å². The molecule has 0 radical (unpaired) electrons. The smallest absolute Gasteiger partial charge is 0.405 e. The highest BCUT2D eigenvalue weighted by Crippen LogP contribution is 2.24. The van der Waals surface area contributed by atoms with Crippen LogP contribution in [-0.2, 0) is 29.0 Å². The number of hydrogen-bond donors (Lipinski definition) is 5. The summed E-state index contributed by atoms with van der Waals surface area (Å²) in [6.07, 6.45) is -1.05. The van der Waals surface area contributed by atoms with Crippen molar-refractivity contribution in [3.05, 3.63) is 101 Å². The Kier molecular flexibility index (Phi) is 14.4. The average molecular weight is 729 g/mol. The number of aromatic nitrogens is 1. The van der Waals surface area contributed by atoms with Gasteiger partial charge in [-0.15, -0.1) is 0 Å². The fourth-order valence-electron chi connectivity index (χ4n) is 6.87. The number of nitrogens with zero attached hydrogens (tertiary/aromatic N) is 3. The first-order valence-corrected chi connectivity index (χ1v) is 18.5. The van der Waals surface area contributed by atoms with Gasteiger partial charge in [0.15, 0.2) is 0 Å². The zero-order valence-corrected chi connectivity index (χ0v) is 31.8. The van der Waals surface area contributed by atoms with Crippen molar-refractivity contribution in [3.63, 3.8) is 0 Å². The molecule has 2 aromatic carbocycles. The zero-order valence-electron chi connectivity index (χ0n) is 31.8. The lowest BCUT2D eigenvalue weighted by atomic mass is 9.85. The second kappa shape index (κ2) is 18.7. The molecule has 1 aromatic heterocycles. The van der Waals surface area contributed by atoms with E-state index < -0.39 is 47.7 Å². The van der Waals surface area contributed by atoms with E-state index in [1.165, 1.54) is 0 Å². The summed E-state index contributed by atoms with van der Waals surface area (Å²) in [5.41, 5.74) is 2.71. The minimum absolute atomic E-state index is 0.0806. The normalized spacial score (nSPS) is 16.6. The minimum Gasteiger partial charge on any atom is -0.465 e. The van der Waals surface area contributed by atoms with Crippen LogP contribution < -0.4 is 16.0 Å². The summed E-state index contributed by atoms with van der Waals surface area (Å²) in [4.78, 5) is 61.4. The molecule has 2 heterocycles. The number of aliphatic hydroxyl groups excluding tert-OH is 1. The number of aryl methyl sites for hydroxylation is 1. The first-order chi connectivity index (χ1) is 25.2. The van der Waals surface area contributed by atoms with Gasteiger partial charge in [0.05, 0.1) is 24.4 Å². The molecule has 12 heteroatoms. The average Bonchev–Trinajstić information content (AvgIpc) is 3.45. The highest BCUT2D eigenvalue weighted by Gasteiger charge is 2.41. The fraction of sp³-hybridized carbons (Fsp3) is 0.488. The molecule has 12 nitrogen and oxygen atoms in total. The van der Waals surface area contributed by atoms with Gasteiger partial charge in [-0.25, -0.2) is 9.59 Å². The van der Waals surface area contributed by atoms with Crippen LogP contribution in [0, 0.1) is 18.3 Å². The van der Waals surface area contributed by atoms with E-state index >= 15 is 0 Å². The molecule has 286 valence electrons. The molecule has 4 rings (SSSR count). The highest BCUT2D eigenvalue weighted by atomic mass is 16.4. The summed E-state index contributed by atoms with van der Waals surface area (Å²) in [6.45, 7) is 12.4. The van der Waals surface area contributed by atoms with E-state index in [0.717, 1.165) is 22.5 Å². The van der Waals surface area contributed by atoms with Gasteiger partial charge in [0.25, 0.3) is 0 Å². The van der Waals surface area contributed by atoms with Crippen LogP contribution in [0.3, 0.4) is 0 Å². The molecule has 3 aromatic rings. The molecular weight excluding hydrogens is 672 g/mol. The fourth-order valence-corrected chi connectivity index (χ4v) is 6.87. The van der Waals surface area contributed by atoms with E-state index in [1.807, 2.05) is 99.6 Å². The number of pyridine rings is 1. The summed E-state index contributed by atoms with van der Waals surface area (Å²) >= 11 is 0. The van der Waals surface area contributed by atoms with E-state index in [1.54, 1.807) is 30.6 Å². The molecule has 6 unspecified atom stereocenters. The van der Waals surface area contributed by atoms with Crippen molar-refractivity contribution in [3.8, 4) is 0 Å². The molecule has 0 aliphatic carbocycles. The van der Waals surface area contributed by atoms with Crippen LogP contribution in [-0.4, -0.2) is 92.3 Å². The van der Waals surface area contributed by atoms with Crippen molar-refractivity contribution in [2.24, 2.45) is 11.3 Å². The summed E-state index contributed by atoms with van der Waals surface area (Å²) in [5.74, 6) is -1.02. The van der Waals surface area contributed by atoms with Crippen molar-refractivity contribution in [1.29, 1.82) is 0 Å². The Balaban J connectivity index is 1.59. The minimum atomic E-state index is -1.33. The summed E-state index contributed by atoms with van der Waals surface area (Å²) in [5, 5.41) is 29.9. The summed E-state index contributed by atoms with van der Waals surface area (Å²) < 4.78 is 0. The number of hydrogen-bond acceptors (Lipinski definition) is 6. The van der Waals surface area contributed by atoms with Crippen molar-refractivity contribution in [2.75, 3.05) is 13.1 Å². The Morgan fingerprint density at radius 2 is 1.47 bits per heavy atom. The molecule has 5 N–H and O–H groups in total. The van der Waals surface area contributed by atoms with Gasteiger partial charge in [0, 0.05) is 24.8 Å². The number of benzene rings is 2. The highest BCUT2D eigenvalue weighted by molar-refractivity contribution is 5.88. The lowest BCUT2D eigenvalue weighted by Gasteiger charge is -2.35. The van der Waals surface area contributed by atoms with E-state index in [9.17, 15) is 29.4 Å². The third-order valence-corrected chi connectivity index (χ3v) is 9.90. The molecule has 53 heavy (non-hydrogen) atoms. The number of nitrogens with one attached hydrogen (secondary N) is 3. The van der Waals surface area contributed by atoms with Gasteiger partial charge < -0.3 is 36.0 Å². The van der Waals surface area contributed by atoms with Crippen LogP contribution in [0.2, 0.25) is 0 Å². The second-order valence-corrected chi connectivity index (χ2v) is 15.2. The van der Waals surface area contributed by atoms with E-state index in [2.05, 4.69) is 20.9 Å². The van der Waals surface area contributed by atoms with E-state index in [-0.39, 0.29) is 30.7 Å². The summed E-state index contributed by atoms with van der Waals surface area (Å²) in [7, 11) is 0. The van der Waals surface area contributed by atoms with Crippen molar-refractivity contribution in [2.45, 2.75) is 104 Å². The van der Waals surface area contributed by atoms with Crippen LogP contribution >= 0.6 is 0 Å². The third kappa shape index (κ3) is 11.8. The van der Waals surface area contributed by atoms with Crippen LogP contribution in [0.5, 0.6) is 0 Å². The lowest BCUT2D eigenvalue weighted by Crippen LogP contribution is -2.58. The number of rotatable bonds is 17. The molecule has 0 saturated carbocycles. The monoisotopic (exact) mass is 728 g/mol. The Morgan fingerprint density at radius 3 is 2.04 bits per heavy atom. The number of urea groups is 1. The number of amides is 5. The maximum Gasteiger partial charge on any atom is 0.405 e. The van der Waals surface area contributed by atoms with Crippen molar-refractivity contribution in [1.82, 2.24) is 30.7 Å². The Morgan fingerprint density at radius 1 is 0.849 bits per heavy atom. The zero-order chi connectivity index (χ0) is 38.7. The van der Waals surface area contributed by atoms with Crippen LogP contribution in [0.25, 0.3) is 0 Å². The second-order valence-electron chi connectivity index (χ2n) is 15.2. The maximum atomic E-state index is 14.4. The molecule has 1 aliphatic heterocycles. The van der Waals surface area contributed by atoms with Gasteiger partial charge in [0.2, 0.25) is 11.8 Å². The summed E-state index contributed by atoms with van der Waals surface area (Å²) in [6, 6.07) is 21.3. The first-order valence-electron chi connectivity index (χ1n) is 18.5. The lowest BCUT2D eigenvalue weighted by molar-refractivity contribution is -0.129. The molecule has 1 aliphatic rings. The number of carbonyl (C=O) groups excluding carboxylic acids is 3. The van der Waals surface area contributed by atoms with Crippen molar-refractivity contribution >= 4 is 23.9 Å². The standard InChI is InChI=1S/C41H56N6O6/c1-7-27(2)35(47-22-21-46(40(47)53)26-31-20-14-15-28(3)42-31)37(49)43-32(23-29-16-10-8-11-17-29)25-34(48)33(24-30-18-12-9-13-19-30)44-38(50)36(41(4,5)6)45-39(51)52/h8-20,27,32-36,45,48H,7,21-26H2,1-6H3,(H,43,49)(H,44,50)(H,51,52). The largest absolute Gasteiger partial charge is 0.465 e. The van der Waals surface area contributed by atoms with Gasteiger partial charge in [0.1, 0.15) is 12.1 Å². The molecule has 1 fully saturated rings. The Hall–Kier alpha value is -4.97. The van der Waals surface area contributed by atoms with Crippen molar-refractivity contribution < 1.29 is 29.4 Å².